The molecule has 4 rings (SSSR count). The third kappa shape index (κ3) is 6.74. The summed E-state index contributed by atoms with van der Waals surface area (Å²) < 4.78 is 12.5. The quantitative estimate of drug-likeness (QED) is 0.147. The van der Waals surface area contributed by atoms with Crippen LogP contribution in [0.25, 0.3) is 6.08 Å². The lowest BCUT2D eigenvalue weighted by Gasteiger charge is -2.28. The van der Waals surface area contributed by atoms with Crippen LogP contribution in [0, 0.1) is 0 Å². The van der Waals surface area contributed by atoms with Crippen LogP contribution in [0.2, 0.25) is 0 Å². The number of carbonyl (C=O) groups is 2. The zero-order chi connectivity index (χ0) is 28.5. The largest absolute Gasteiger partial charge is 0.494 e. The molecule has 0 saturated carbocycles. The first kappa shape index (κ1) is 29.4. The maximum atomic E-state index is 14.0. The zero-order valence-electron chi connectivity index (χ0n) is 23.3. The molecular weight excluding hydrogens is 524 g/mol. The third-order valence-electron chi connectivity index (χ3n) is 7.01. The highest BCUT2D eigenvalue weighted by molar-refractivity contribution is 8.04. The number of esters is 1. The Morgan fingerprint density at radius 1 is 1.10 bits per heavy atom. The van der Waals surface area contributed by atoms with Gasteiger partial charge in [-0.3, -0.25) is 4.79 Å². The lowest BCUT2D eigenvalue weighted by molar-refractivity contribution is -0.112. The molecule has 7 nitrogen and oxygen atoms in total. The number of hydrogen-bond acceptors (Lipinski definition) is 7. The Bertz CT molecular complexity index is 1380. The summed E-state index contributed by atoms with van der Waals surface area (Å²) in [5.74, 6) is 0.201. The number of allylic oxidation sites excluding steroid dienone is 1. The van der Waals surface area contributed by atoms with Gasteiger partial charge in [-0.1, -0.05) is 43.7 Å². The van der Waals surface area contributed by atoms with Crippen LogP contribution in [-0.2, 0) is 16.6 Å². The van der Waals surface area contributed by atoms with Gasteiger partial charge in [0.15, 0.2) is 10.9 Å². The molecule has 0 saturated heterocycles. The SMILES string of the molecule is CCCCC1=C(Sc2nccn2C)C(=O)/C(=C\c2ccc(C(=O)OC)cc2)C1(O)CCCCOc1ccccc1. The van der Waals surface area contributed by atoms with Crippen molar-refractivity contribution in [2.45, 2.75) is 56.2 Å². The Balaban J connectivity index is 1.64. The summed E-state index contributed by atoms with van der Waals surface area (Å²) in [5, 5.41) is 13.0. The Kier molecular flexibility index (Phi) is 10.0. The minimum Gasteiger partial charge on any atom is -0.494 e. The number of para-hydroxylation sites is 1. The van der Waals surface area contributed by atoms with Crippen molar-refractivity contribution in [3.63, 3.8) is 0 Å². The molecule has 0 radical (unpaired) electrons. The maximum Gasteiger partial charge on any atom is 0.337 e. The minimum absolute atomic E-state index is 0.181. The number of aliphatic hydroxyl groups is 1. The standard InChI is InChI=1S/C32H36N2O5S/c1-4-5-13-26-29(40-31-33-19-20-34(31)2)28(35)27(22-23-14-16-24(17-15-23)30(36)38-3)32(26,37)18-9-10-21-39-25-11-7-6-8-12-25/h6-8,11-12,14-17,19-20,22,37H,4-5,9-10,13,18,21H2,1-3H3/b27-22+. The van der Waals surface area contributed by atoms with E-state index < -0.39 is 11.6 Å². The molecule has 1 N–H and O–H groups in total. The molecule has 1 aromatic heterocycles. The van der Waals surface area contributed by atoms with Crippen LogP contribution in [0.5, 0.6) is 5.75 Å². The zero-order valence-corrected chi connectivity index (χ0v) is 24.1. The number of rotatable bonds is 13. The Morgan fingerprint density at radius 3 is 2.50 bits per heavy atom. The van der Waals surface area contributed by atoms with Crippen LogP contribution in [0.15, 0.2) is 88.2 Å². The molecule has 8 heteroatoms. The summed E-state index contributed by atoms with van der Waals surface area (Å²) in [6.07, 6.45) is 9.50. The lowest BCUT2D eigenvalue weighted by Crippen LogP contribution is -2.32. The first-order valence-electron chi connectivity index (χ1n) is 13.6. The smallest absolute Gasteiger partial charge is 0.337 e. The van der Waals surface area contributed by atoms with Gasteiger partial charge in [0.1, 0.15) is 11.4 Å². The Morgan fingerprint density at radius 2 is 1.85 bits per heavy atom. The highest BCUT2D eigenvalue weighted by Crippen LogP contribution is 2.49. The molecule has 1 aliphatic rings. The second kappa shape index (κ2) is 13.6. The number of thioether (sulfide) groups is 1. The number of ether oxygens (including phenoxy) is 2. The summed E-state index contributed by atoms with van der Waals surface area (Å²) in [4.78, 5) is 30.8. The number of unbranched alkanes of at least 4 members (excludes halogenated alkanes) is 2. The van der Waals surface area contributed by atoms with Gasteiger partial charge in [-0.2, -0.15) is 0 Å². The number of nitrogens with zero attached hydrogens (tertiary/aromatic N) is 2. The van der Waals surface area contributed by atoms with E-state index in [0.717, 1.165) is 36.1 Å². The van der Waals surface area contributed by atoms with Crippen molar-refractivity contribution >= 4 is 29.6 Å². The van der Waals surface area contributed by atoms with Gasteiger partial charge in [0.2, 0.25) is 0 Å². The number of methoxy groups -OCH3 is 1. The van der Waals surface area contributed by atoms with E-state index in [9.17, 15) is 14.7 Å². The average Bonchev–Trinajstić information content (AvgIpc) is 3.46. The molecule has 1 heterocycles. The molecule has 40 heavy (non-hydrogen) atoms. The monoisotopic (exact) mass is 560 g/mol. The van der Waals surface area contributed by atoms with Gasteiger partial charge < -0.3 is 19.1 Å². The molecular formula is C32H36N2O5S. The average molecular weight is 561 g/mol. The van der Waals surface area contributed by atoms with Crippen molar-refractivity contribution in [3.05, 3.63) is 94.2 Å². The molecule has 0 aliphatic heterocycles. The van der Waals surface area contributed by atoms with Crippen LogP contribution in [0.4, 0.5) is 0 Å². The summed E-state index contributed by atoms with van der Waals surface area (Å²) in [7, 11) is 3.23. The molecule has 210 valence electrons. The van der Waals surface area contributed by atoms with Crippen molar-refractivity contribution in [1.29, 1.82) is 0 Å². The van der Waals surface area contributed by atoms with E-state index >= 15 is 0 Å². The summed E-state index contributed by atoms with van der Waals surface area (Å²) >= 11 is 1.31. The molecule has 0 bridgehead atoms. The van der Waals surface area contributed by atoms with Gasteiger partial charge >= 0.3 is 5.97 Å². The van der Waals surface area contributed by atoms with Crippen molar-refractivity contribution < 1.29 is 24.2 Å². The van der Waals surface area contributed by atoms with Crippen LogP contribution < -0.4 is 4.74 Å². The highest BCUT2D eigenvalue weighted by Gasteiger charge is 2.48. The fraction of sp³-hybridized carbons (Fsp3) is 0.344. The minimum atomic E-state index is -1.41. The van der Waals surface area contributed by atoms with E-state index in [-0.39, 0.29) is 5.78 Å². The fourth-order valence-corrected chi connectivity index (χ4v) is 5.88. The topological polar surface area (TPSA) is 90.7 Å². The second-order valence-corrected chi connectivity index (χ2v) is 10.8. The number of ketones is 1. The predicted octanol–water partition coefficient (Wildman–Crippen LogP) is 6.39. The van der Waals surface area contributed by atoms with Gasteiger partial charge in [0.25, 0.3) is 0 Å². The number of benzene rings is 2. The molecule has 2 aromatic carbocycles. The first-order chi connectivity index (χ1) is 19.4. The van der Waals surface area contributed by atoms with E-state index in [1.807, 2.05) is 48.1 Å². The first-order valence-corrected chi connectivity index (χ1v) is 14.4. The van der Waals surface area contributed by atoms with E-state index in [1.165, 1.54) is 18.9 Å². The number of carbonyl (C=O) groups excluding carboxylic acids is 2. The van der Waals surface area contributed by atoms with E-state index in [4.69, 9.17) is 9.47 Å². The van der Waals surface area contributed by atoms with E-state index in [2.05, 4.69) is 11.9 Å². The van der Waals surface area contributed by atoms with E-state index in [1.54, 1.807) is 36.5 Å². The Hall–Kier alpha value is -3.62. The molecule has 3 aromatic rings. The van der Waals surface area contributed by atoms with Crippen molar-refractivity contribution in [2.24, 2.45) is 7.05 Å². The van der Waals surface area contributed by atoms with Crippen LogP contribution in [0.1, 0.15) is 61.4 Å². The number of aryl methyl sites for hydroxylation is 1. The second-order valence-electron chi connectivity index (χ2n) is 9.81. The van der Waals surface area contributed by atoms with Gasteiger partial charge in [-0.15, -0.1) is 0 Å². The third-order valence-corrected chi connectivity index (χ3v) is 8.22. The van der Waals surface area contributed by atoms with Crippen molar-refractivity contribution in [3.8, 4) is 5.75 Å². The van der Waals surface area contributed by atoms with Crippen molar-refractivity contribution in [1.82, 2.24) is 9.55 Å². The number of aromatic nitrogens is 2. The molecule has 0 fully saturated rings. The maximum absolute atomic E-state index is 14.0. The lowest BCUT2D eigenvalue weighted by atomic mass is 9.83. The van der Waals surface area contributed by atoms with Gasteiger partial charge in [0.05, 0.1) is 24.2 Å². The van der Waals surface area contributed by atoms with Crippen LogP contribution >= 0.6 is 11.8 Å². The van der Waals surface area contributed by atoms with Gasteiger partial charge in [0, 0.05) is 25.0 Å². The summed E-state index contributed by atoms with van der Waals surface area (Å²) in [5.41, 5.74) is 0.843. The predicted molar refractivity (Wildman–Crippen MR) is 157 cm³/mol. The van der Waals surface area contributed by atoms with Gasteiger partial charge in [-0.05, 0) is 85.3 Å². The van der Waals surface area contributed by atoms with Gasteiger partial charge in [-0.25, -0.2) is 9.78 Å². The normalized spacial score (nSPS) is 18.0. The highest BCUT2D eigenvalue weighted by atomic mass is 32.2. The molecule has 1 aliphatic carbocycles. The Labute approximate surface area is 239 Å². The number of Topliss-reactive ketones (excluding diaryl/α,β-unsaturated/α-hetero) is 1. The molecule has 1 atom stereocenters. The summed E-state index contributed by atoms with van der Waals surface area (Å²) in [6, 6.07) is 16.5. The van der Waals surface area contributed by atoms with Crippen molar-refractivity contribution in [2.75, 3.05) is 13.7 Å². The van der Waals surface area contributed by atoms with Crippen LogP contribution in [-0.4, -0.2) is 45.7 Å². The molecule has 0 amide bonds. The van der Waals surface area contributed by atoms with Crippen LogP contribution in [0.3, 0.4) is 0 Å². The number of hydrogen-bond donors (Lipinski definition) is 1. The summed E-state index contributed by atoms with van der Waals surface area (Å²) in [6.45, 7) is 2.62. The fourth-order valence-electron chi connectivity index (χ4n) is 4.78. The van der Waals surface area contributed by atoms with E-state index in [0.29, 0.717) is 47.1 Å². The molecule has 1 unspecified atom stereocenters. The number of imidazole rings is 1. The molecule has 0 spiro atoms.